The highest BCUT2D eigenvalue weighted by Crippen LogP contribution is 2.20. The van der Waals surface area contributed by atoms with Gasteiger partial charge in [0, 0.05) is 12.6 Å². The number of nitrogens with one attached hydrogen (secondary N) is 2. The molecule has 2 aromatic rings. The first-order valence-electron chi connectivity index (χ1n) is 6.06. The Hall–Kier alpha value is -2.33. The Bertz CT molecular complexity index is 623. The molecule has 0 saturated carbocycles. The summed E-state index contributed by atoms with van der Waals surface area (Å²) in [5.74, 6) is -0.0909. The van der Waals surface area contributed by atoms with Crippen LogP contribution in [0.15, 0.2) is 53.6 Å². The van der Waals surface area contributed by atoms with Gasteiger partial charge >= 0.3 is 0 Å². The van der Waals surface area contributed by atoms with E-state index in [0.29, 0.717) is 5.02 Å². The second kappa shape index (κ2) is 6.73. The lowest BCUT2D eigenvalue weighted by Crippen LogP contribution is -2.05. The van der Waals surface area contributed by atoms with Crippen molar-refractivity contribution in [1.29, 1.82) is 0 Å². The highest BCUT2D eigenvalue weighted by atomic mass is 35.5. The van der Waals surface area contributed by atoms with Crippen molar-refractivity contribution >= 4 is 35.1 Å². The van der Waals surface area contributed by atoms with Crippen LogP contribution in [-0.4, -0.2) is 12.1 Å². The van der Waals surface area contributed by atoms with Gasteiger partial charge in [0.15, 0.2) is 0 Å². The van der Waals surface area contributed by atoms with Crippen molar-refractivity contribution < 1.29 is 4.79 Å². The molecule has 4 nitrogen and oxygen atoms in total. The van der Waals surface area contributed by atoms with Gasteiger partial charge in [-0.25, -0.2) is 0 Å². The Morgan fingerprint density at radius 2 is 1.85 bits per heavy atom. The number of nitrogens with zero attached hydrogens (tertiary/aromatic N) is 1. The third kappa shape index (κ3) is 4.10. The number of para-hydroxylation sites is 1. The topological polar surface area (TPSA) is 53.5 Å². The van der Waals surface area contributed by atoms with Crippen molar-refractivity contribution in [3.8, 4) is 0 Å². The summed E-state index contributed by atoms with van der Waals surface area (Å²) < 4.78 is 0. The SMILES string of the molecule is CC(=O)Nc1ccc(/C=N\Nc2ccccc2Cl)cc1. The maximum Gasteiger partial charge on any atom is 0.221 e. The molecule has 0 fully saturated rings. The van der Waals surface area contributed by atoms with Crippen molar-refractivity contribution in [2.45, 2.75) is 6.92 Å². The summed E-state index contributed by atoms with van der Waals surface area (Å²) in [6.07, 6.45) is 1.68. The van der Waals surface area contributed by atoms with E-state index in [0.717, 1.165) is 16.9 Å². The Kier molecular flexibility index (Phi) is 4.74. The number of anilines is 2. The van der Waals surface area contributed by atoms with Gasteiger partial charge in [0.25, 0.3) is 0 Å². The number of benzene rings is 2. The van der Waals surface area contributed by atoms with Crippen molar-refractivity contribution in [3.05, 3.63) is 59.1 Å². The fourth-order valence-electron chi connectivity index (χ4n) is 1.58. The molecule has 1 amide bonds. The minimum atomic E-state index is -0.0909. The van der Waals surface area contributed by atoms with Gasteiger partial charge in [-0.05, 0) is 29.8 Å². The molecule has 0 radical (unpaired) electrons. The number of carbonyl (C=O) groups is 1. The van der Waals surface area contributed by atoms with Crippen molar-refractivity contribution in [1.82, 2.24) is 0 Å². The van der Waals surface area contributed by atoms with E-state index in [9.17, 15) is 4.79 Å². The molecule has 0 heterocycles. The predicted molar refractivity (Wildman–Crippen MR) is 83.4 cm³/mol. The van der Waals surface area contributed by atoms with Crippen LogP contribution in [0.4, 0.5) is 11.4 Å². The molecule has 2 rings (SSSR count). The molecule has 2 aromatic carbocycles. The van der Waals surface area contributed by atoms with Crippen LogP contribution in [0.2, 0.25) is 5.02 Å². The van der Waals surface area contributed by atoms with Crippen LogP contribution in [0.1, 0.15) is 12.5 Å². The summed E-state index contributed by atoms with van der Waals surface area (Å²) >= 11 is 6.00. The number of hydrogen-bond donors (Lipinski definition) is 2. The standard InChI is InChI=1S/C15H14ClN3O/c1-11(20)18-13-8-6-12(7-9-13)10-17-19-15-5-3-2-4-14(15)16/h2-10,19H,1H3,(H,18,20)/b17-10-. The molecule has 0 aliphatic rings. The van der Waals surface area contributed by atoms with Gasteiger partial charge < -0.3 is 5.32 Å². The Balaban J connectivity index is 1.98. The summed E-state index contributed by atoms with van der Waals surface area (Å²) in [6, 6.07) is 14.7. The van der Waals surface area contributed by atoms with Gasteiger partial charge in [0.05, 0.1) is 16.9 Å². The molecule has 0 unspecified atom stereocenters. The van der Waals surface area contributed by atoms with E-state index in [2.05, 4.69) is 15.8 Å². The molecule has 0 bridgehead atoms. The van der Waals surface area contributed by atoms with Crippen LogP contribution in [0.3, 0.4) is 0 Å². The predicted octanol–water partition coefficient (Wildman–Crippen LogP) is 3.74. The van der Waals surface area contributed by atoms with E-state index in [4.69, 9.17) is 11.6 Å². The maximum atomic E-state index is 10.9. The van der Waals surface area contributed by atoms with E-state index in [-0.39, 0.29) is 5.91 Å². The number of rotatable bonds is 4. The Labute approximate surface area is 122 Å². The van der Waals surface area contributed by atoms with E-state index in [1.54, 1.807) is 12.3 Å². The lowest BCUT2D eigenvalue weighted by atomic mass is 10.2. The van der Waals surface area contributed by atoms with Crippen LogP contribution in [0, 0.1) is 0 Å². The number of halogens is 1. The van der Waals surface area contributed by atoms with Crippen LogP contribution in [0.5, 0.6) is 0 Å². The fourth-order valence-corrected chi connectivity index (χ4v) is 1.76. The van der Waals surface area contributed by atoms with E-state index >= 15 is 0 Å². The van der Waals surface area contributed by atoms with Gasteiger partial charge in [-0.15, -0.1) is 0 Å². The smallest absolute Gasteiger partial charge is 0.221 e. The molecule has 102 valence electrons. The second-order valence-electron chi connectivity index (χ2n) is 4.15. The normalized spacial score (nSPS) is 10.5. The third-order valence-corrected chi connectivity index (χ3v) is 2.83. The molecule has 0 aliphatic heterocycles. The van der Waals surface area contributed by atoms with Gasteiger partial charge in [0.2, 0.25) is 5.91 Å². The molecule has 5 heteroatoms. The van der Waals surface area contributed by atoms with Crippen LogP contribution in [-0.2, 0) is 4.79 Å². The molecular formula is C15H14ClN3O. The van der Waals surface area contributed by atoms with Gasteiger partial charge in [0.1, 0.15) is 0 Å². The lowest BCUT2D eigenvalue weighted by molar-refractivity contribution is -0.114. The van der Waals surface area contributed by atoms with Crippen molar-refractivity contribution in [2.75, 3.05) is 10.7 Å². The molecule has 0 spiro atoms. The first-order valence-corrected chi connectivity index (χ1v) is 6.44. The van der Waals surface area contributed by atoms with E-state index < -0.39 is 0 Å². The Morgan fingerprint density at radius 3 is 2.50 bits per heavy atom. The zero-order valence-corrected chi connectivity index (χ0v) is 11.7. The maximum absolute atomic E-state index is 10.9. The average molecular weight is 288 g/mol. The molecular weight excluding hydrogens is 274 g/mol. The van der Waals surface area contributed by atoms with Crippen LogP contribution in [0.25, 0.3) is 0 Å². The number of hydrazone groups is 1. The minimum Gasteiger partial charge on any atom is -0.326 e. The molecule has 0 saturated heterocycles. The fraction of sp³-hybridized carbons (Fsp3) is 0.0667. The van der Waals surface area contributed by atoms with Gasteiger partial charge in [-0.1, -0.05) is 35.9 Å². The van der Waals surface area contributed by atoms with Crippen LogP contribution >= 0.6 is 11.6 Å². The average Bonchev–Trinajstić information content (AvgIpc) is 2.42. The zero-order chi connectivity index (χ0) is 14.4. The van der Waals surface area contributed by atoms with E-state index in [1.165, 1.54) is 6.92 Å². The molecule has 0 aliphatic carbocycles. The summed E-state index contributed by atoms with van der Waals surface area (Å²) in [5, 5.41) is 7.44. The molecule has 0 aromatic heterocycles. The van der Waals surface area contributed by atoms with Crippen molar-refractivity contribution in [3.63, 3.8) is 0 Å². The third-order valence-electron chi connectivity index (χ3n) is 2.50. The summed E-state index contributed by atoms with van der Waals surface area (Å²) in [5.41, 5.74) is 5.30. The molecule has 20 heavy (non-hydrogen) atoms. The van der Waals surface area contributed by atoms with Crippen molar-refractivity contribution in [2.24, 2.45) is 5.10 Å². The largest absolute Gasteiger partial charge is 0.326 e. The minimum absolute atomic E-state index is 0.0909. The number of amides is 1. The first-order chi connectivity index (χ1) is 9.65. The summed E-state index contributed by atoms with van der Waals surface area (Å²) in [7, 11) is 0. The number of hydrogen-bond acceptors (Lipinski definition) is 3. The van der Waals surface area contributed by atoms with Crippen LogP contribution < -0.4 is 10.7 Å². The van der Waals surface area contributed by atoms with Gasteiger partial charge in [-0.2, -0.15) is 5.10 Å². The van der Waals surface area contributed by atoms with Gasteiger partial charge in [-0.3, -0.25) is 10.2 Å². The first kappa shape index (κ1) is 14.1. The quantitative estimate of drug-likeness (QED) is 0.665. The summed E-state index contributed by atoms with van der Waals surface area (Å²) in [4.78, 5) is 10.9. The highest BCUT2D eigenvalue weighted by Gasteiger charge is 1.96. The monoisotopic (exact) mass is 287 g/mol. The Morgan fingerprint density at radius 1 is 1.15 bits per heavy atom. The molecule has 2 N–H and O–H groups in total. The second-order valence-corrected chi connectivity index (χ2v) is 4.56. The molecule has 0 atom stereocenters. The zero-order valence-electron chi connectivity index (χ0n) is 10.9. The van der Waals surface area contributed by atoms with E-state index in [1.807, 2.05) is 42.5 Å². The lowest BCUT2D eigenvalue weighted by Gasteiger charge is -2.03. The number of carbonyl (C=O) groups excluding carboxylic acids is 1. The summed E-state index contributed by atoms with van der Waals surface area (Å²) in [6.45, 7) is 1.48. The highest BCUT2D eigenvalue weighted by molar-refractivity contribution is 6.33.